The van der Waals surface area contributed by atoms with Gasteiger partial charge in [-0.2, -0.15) is 0 Å². The first kappa shape index (κ1) is 11.1. The Labute approximate surface area is 91.8 Å². The van der Waals surface area contributed by atoms with Crippen LogP contribution in [0.1, 0.15) is 38.5 Å². The number of Topliss-reactive ketones (excluding diaryl/α,β-unsaturated/α-hetero) is 1. The molecule has 1 aliphatic carbocycles. The van der Waals surface area contributed by atoms with Crippen molar-refractivity contribution < 1.29 is 9.53 Å². The maximum atomic E-state index is 11.0. The van der Waals surface area contributed by atoms with Gasteiger partial charge in [0.1, 0.15) is 5.78 Å². The number of ether oxygens (including phenoxy) is 1. The van der Waals surface area contributed by atoms with Gasteiger partial charge in [-0.25, -0.2) is 0 Å². The van der Waals surface area contributed by atoms with Gasteiger partial charge >= 0.3 is 0 Å². The van der Waals surface area contributed by atoms with Gasteiger partial charge in [-0.15, -0.1) is 0 Å². The molecule has 2 fully saturated rings. The molecule has 0 amide bonds. The molecule has 0 bridgehead atoms. The van der Waals surface area contributed by atoms with Gasteiger partial charge in [-0.05, 0) is 12.8 Å². The minimum atomic E-state index is 0.382. The largest absolute Gasteiger partial charge is 0.377 e. The fourth-order valence-corrected chi connectivity index (χ4v) is 2.46. The summed E-state index contributed by atoms with van der Waals surface area (Å²) in [7, 11) is 0. The van der Waals surface area contributed by atoms with E-state index in [1.807, 2.05) is 0 Å². The molecule has 0 aromatic rings. The first-order valence-corrected chi connectivity index (χ1v) is 6.20. The van der Waals surface area contributed by atoms with Crippen LogP contribution in [0.4, 0.5) is 0 Å². The molecule has 15 heavy (non-hydrogen) atoms. The average molecular weight is 211 g/mol. The predicted molar refractivity (Wildman–Crippen MR) is 58.9 cm³/mol. The number of carbonyl (C=O) groups excluding carboxylic acids is 1. The third kappa shape index (κ3) is 3.58. The summed E-state index contributed by atoms with van der Waals surface area (Å²) >= 11 is 0. The quantitative estimate of drug-likeness (QED) is 0.707. The molecule has 0 aromatic heterocycles. The van der Waals surface area contributed by atoms with E-state index in [1.165, 1.54) is 32.1 Å². The molecule has 86 valence electrons. The van der Waals surface area contributed by atoms with Gasteiger partial charge in [0.15, 0.2) is 0 Å². The van der Waals surface area contributed by atoms with Crippen LogP contribution in [0.3, 0.4) is 0 Å². The second-order valence-corrected chi connectivity index (χ2v) is 4.70. The van der Waals surface area contributed by atoms with Gasteiger partial charge in [-0.3, -0.25) is 9.69 Å². The molecule has 0 aromatic carbocycles. The Kier molecular flexibility index (Phi) is 4.15. The van der Waals surface area contributed by atoms with Crippen molar-refractivity contribution in [3.63, 3.8) is 0 Å². The topological polar surface area (TPSA) is 29.5 Å². The fraction of sp³-hybridized carbons (Fsp3) is 0.917. The molecule has 1 saturated carbocycles. The van der Waals surface area contributed by atoms with Crippen LogP contribution < -0.4 is 0 Å². The molecule has 0 spiro atoms. The van der Waals surface area contributed by atoms with Crippen LogP contribution in [-0.2, 0) is 9.53 Å². The predicted octanol–water partition coefficient (Wildman–Crippen LogP) is 1.61. The van der Waals surface area contributed by atoms with Crippen molar-refractivity contribution >= 4 is 5.78 Å². The Morgan fingerprint density at radius 1 is 1.27 bits per heavy atom. The fourth-order valence-electron chi connectivity index (χ4n) is 2.46. The highest BCUT2D eigenvalue weighted by atomic mass is 16.5. The van der Waals surface area contributed by atoms with Crippen molar-refractivity contribution in [3.05, 3.63) is 0 Å². The zero-order chi connectivity index (χ0) is 10.5. The normalized spacial score (nSPS) is 24.9. The van der Waals surface area contributed by atoms with Gasteiger partial charge < -0.3 is 4.74 Å². The Morgan fingerprint density at radius 3 is 2.73 bits per heavy atom. The summed E-state index contributed by atoms with van der Waals surface area (Å²) in [4.78, 5) is 13.2. The van der Waals surface area contributed by atoms with Gasteiger partial charge in [-0.1, -0.05) is 19.3 Å². The zero-order valence-electron chi connectivity index (χ0n) is 9.41. The Hall–Kier alpha value is -0.410. The SMILES string of the molecule is O=C1CCN(CCOC2CCCCC2)C1. The number of nitrogens with zero attached hydrogens (tertiary/aromatic N) is 1. The van der Waals surface area contributed by atoms with E-state index in [9.17, 15) is 4.79 Å². The van der Waals surface area contributed by atoms with E-state index in [2.05, 4.69) is 4.90 Å². The first-order chi connectivity index (χ1) is 7.34. The number of carbonyl (C=O) groups is 1. The molecule has 0 radical (unpaired) electrons. The van der Waals surface area contributed by atoms with E-state index in [1.54, 1.807) is 0 Å². The lowest BCUT2D eigenvalue weighted by molar-refractivity contribution is -0.116. The molecule has 0 unspecified atom stereocenters. The van der Waals surface area contributed by atoms with Crippen LogP contribution in [-0.4, -0.2) is 43.0 Å². The highest BCUT2D eigenvalue weighted by Gasteiger charge is 2.19. The molecule has 3 nitrogen and oxygen atoms in total. The molecule has 2 aliphatic rings. The second kappa shape index (κ2) is 5.61. The van der Waals surface area contributed by atoms with Crippen LogP contribution in [0.25, 0.3) is 0 Å². The number of hydrogen-bond donors (Lipinski definition) is 0. The number of hydrogen-bond acceptors (Lipinski definition) is 3. The smallest absolute Gasteiger partial charge is 0.148 e. The summed E-state index contributed by atoms with van der Waals surface area (Å²) in [5, 5.41) is 0. The standard InChI is InChI=1S/C12H21NO2/c14-11-6-7-13(10-11)8-9-15-12-4-2-1-3-5-12/h12H,1-10H2. The number of ketones is 1. The summed E-state index contributed by atoms with van der Waals surface area (Å²) in [6, 6.07) is 0. The summed E-state index contributed by atoms with van der Waals surface area (Å²) < 4.78 is 5.83. The zero-order valence-corrected chi connectivity index (χ0v) is 9.41. The molecule has 3 heteroatoms. The van der Waals surface area contributed by atoms with Crippen molar-refractivity contribution in [2.75, 3.05) is 26.2 Å². The Morgan fingerprint density at radius 2 is 2.07 bits per heavy atom. The monoisotopic (exact) mass is 211 g/mol. The van der Waals surface area contributed by atoms with Crippen LogP contribution in [0.15, 0.2) is 0 Å². The lowest BCUT2D eigenvalue weighted by Crippen LogP contribution is -2.28. The van der Waals surface area contributed by atoms with E-state index >= 15 is 0 Å². The first-order valence-electron chi connectivity index (χ1n) is 6.20. The lowest BCUT2D eigenvalue weighted by atomic mass is 9.98. The van der Waals surface area contributed by atoms with Crippen molar-refractivity contribution in [1.29, 1.82) is 0 Å². The number of rotatable bonds is 4. The number of likely N-dealkylation sites (tertiary alicyclic amines) is 1. The van der Waals surface area contributed by atoms with Gasteiger partial charge in [0.2, 0.25) is 0 Å². The summed E-state index contributed by atoms with van der Waals surface area (Å²) in [6.45, 7) is 3.32. The molecule has 1 aliphatic heterocycles. The highest BCUT2D eigenvalue weighted by molar-refractivity contribution is 5.82. The third-order valence-electron chi connectivity index (χ3n) is 3.42. The van der Waals surface area contributed by atoms with E-state index in [-0.39, 0.29) is 0 Å². The minimum Gasteiger partial charge on any atom is -0.377 e. The molecule has 1 heterocycles. The Balaban J connectivity index is 1.56. The molecule has 0 atom stereocenters. The molecule has 2 rings (SSSR count). The van der Waals surface area contributed by atoms with E-state index < -0.39 is 0 Å². The van der Waals surface area contributed by atoms with Gasteiger partial charge in [0.25, 0.3) is 0 Å². The van der Waals surface area contributed by atoms with Crippen molar-refractivity contribution in [2.45, 2.75) is 44.6 Å². The molecule has 1 saturated heterocycles. The van der Waals surface area contributed by atoms with E-state index in [0.717, 1.165) is 26.1 Å². The van der Waals surface area contributed by atoms with Gasteiger partial charge in [0.05, 0.1) is 19.3 Å². The summed E-state index contributed by atoms with van der Waals surface area (Å²) in [5.41, 5.74) is 0. The lowest BCUT2D eigenvalue weighted by Gasteiger charge is -2.23. The maximum Gasteiger partial charge on any atom is 0.148 e. The van der Waals surface area contributed by atoms with E-state index in [4.69, 9.17) is 4.74 Å². The molecular formula is C12H21NO2. The molecule has 0 N–H and O–H groups in total. The van der Waals surface area contributed by atoms with Crippen molar-refractivity contribution in [1.82, 2.24) is 4.90 Å². The Bertz CT molecular complexity index is 212. The maximum absolute atomic E-state index is 11.0. The van der Waals surface area contributed by atoms with Crippen molar-refractivity contribution in [3.8, 4) is 0 Å². The highest BCUT2D eigenvalue weighted by Crippen LogP contribution is 2.20. The second-order valence-electron chi connectivity index (χ2n) is 4.70. The van der Waals surface area contributed by atoms with Crippen LogP contribution >= 0.6 is 0 Å². The third-order valence-corrected chi connectivity index (χ3v) is 3.42. The van der Waals surface area contributed by atoms with Crippen LogP contribution in [0.5, 0.6) is 0 Å². The molecular weight excluding hydrogens is 190 g/mol. The summed E-state index contributed by atoms with van der Waals surface area (Å²) in [6.07, 6.45) is 7.73. The van der Waals surface area contributed by atoms with Crippen LogP contribution in [0, 0.1) is 0 Å². The van der Waals surface area contributed by atoms with Gasteiger partial charge in [0, 0.05) is 19.5 Å². The minimum absolute atomic E-state index is 0.382. The van der Waals surface area contributed by atoms with Crippen molar-refractivity contribution in [2.24, 2.45) is 0 Å². The average Bonchev–Trinajstić information content (AvgIpc) is 2.66. The van der Waals surface area contributed by atoms with Crippen LogP contribution in [0.2, 0.25) is 0 Å². The van der Waals surface area contributed by atoms with E-state index in [0.29, 0.717) is 18.4 Å². The summed E-state index contributed by atoms with van der Waals surface area (Å²) in [5.74, 6) is 0.382.